The number of nitrogens with zero attached hydrogens (tertiary/aromatic N) is 1. The van der Waals surface area contributed by atoms with Gasteiger partial charge in [-0.05, 0) is 48.5 Å². The van der Waals surface area contributed by atoms with Gasteiger partial charge in [0.25, 0.3) is 0 Å². The number of hydrogen-bond acceptors (Lipinski definition) is 4. The molecule has 3 nitrogen and oxygen atoms in total. The van der Waals surface area contributed by atoms with E-state index in [1.165, 1.54) is 6.07 Å². The molecular formula is C18H22FNO2S. The number of thiophene rings is 1. The fraction of sp³-hybridized carbons (Fsp3) is 0.444. The molecule has 0 saturated carbocycles. The minimum atomic E-state index is -0.524. The van der Waals surface area contributed by atoms with Crippen LogP contribution in [-0.4, -0.2) is 35.8 Å². The summed E-state index contributed by atoms with van der Waals surface area (Å²) < 4.78 is 19.0. The molecule has 0 radical (unpaired) electrons. The molecular weight excluding hydrogens is 313 g/mol. The Morgan fingerprint density at radius 1 is 1.35 bits per heavy atom. The lowest BCUT2D eigenvalue weighted by molar-refractivity contribution is 0.00847. The van der Waals surface area contributed by atoms with Crippen molar-refractivity contribution in [2.45, 2.75) is 31.6 Å². The van der Waals surface area contributed by atoms with Gasteiger partial charge in [0.15, 0.2) is 0 Å². The van der Waals surface area contributed by atoms with Crippen LogP contribution in [0.1, 0.15) is 29.3 Å². The number of likely N-dealkylation sites (tertiary alicyclic amines) is 1. The van der Waals surface area contributed by atoms with E-state index in [0.717, 1.165) is 29.8 Å². The number of halogens is 1. The first-order valence-electron chi connectivity index (χ1n) is 8.00. The molecule has 5 heteroatoms. The summed E-state index contributed by atoms with van der Waals surface area (Å²) in [5, 5.41) is 12.2. The lowest BCUT2D eigenvalue weighted by Crippen LogP contribution is -2.34. The second kappa shape index (κ2) is 8.02. The number of aliphatic hydroxyl groups excluding tert-OH is 1. The summed E-state index contributed by atoms with van der Waals surface area (Å²) >= 11 is 1.65. The van der Waals surface area contributed by atoms with Gasteiger partial charge in [-0.2, -0.15) is 0 Å². The molecule has 2 heterocycles. The highest BCUT2D eigenvalue weighted by Gasteiger charge is 2.27. The summed E-state index contributed by atoms with van der Waals surface area (Å²) in [5.74, 6) is -0.200. The number of hydrogen-bond donors (Lipinski definition) is 1. The van der Waals surface area contributed by atoms with E-state index in [0.29, 0.717) is 19.8 Å². The second-order valence-corrected chi connectivity index (χ2v) is 6.99. The zero-order chi connectivity index (χ0) is 16.1. The molecule has 1 aliphatic heterocycles. The van der Waals surface area contributed by atoms with Crippen LogP contribution in [0.5, 0.6) is 0 Å². The quantitative estimate of drug-likeness (QED) is 0.839. The van der Waals surface area contributed by atoms with E-state index in [1.54, 1.807) is 23.5 Å². The van der Waals surface area contributed by atoms with Gasteiger partial charge in [0, 0.05) is 17.5 Å². The summed E-state index contributed by atoms with van der Waals surface area (Å²) in [4.78, 5) is 3.39. The fourth-order valence-corrected chi connectivity index (χ4v) is 3.79. The smallest absolute Gasteiger partial charge is 0.123 e. The van der Waals surface area contributed by atoms with Crippen molar-refractivity contribution in [3.8, 4) is 0 Å². The van der Waals surface area contributed by atoms with Crippen molar-refractivity contribution in [3.05, 3.63) is 58.0 Å². The van der Waals surface area contributed by atoms with Gasteiger partial charge in [-0.25, -0.2) is 4.39 Å². The highest BCUT2D eigenvalue weighted by Crippen LogP contribution is 2.32. The molecule has 3 rings (SSSR count). The summed E-state index contributed by atoms with van der Waals surface area (Å²) in [6.45, 7) is 2.36. The van der Waals surface area contributed by atoms with Crippen molar-refractivity contribution in [1.82, 2.24) is 4.90 Å². The van der Waals surface area contributed by atoms with E-state index in [9.17, 15) is 9.50 Å². The van der Waals surface area contributed by atoms with Crippen LogP contribution in [0.4, 0.5) is 4.39 Å². The van der Waals surface area contributed by atoms with Crippen LogP contribution < -0.4 is 0 Å². The minimum absolute atomic E-state index is 0.192. The Morgan fingerprint density at radius 3 is 3.04 bits per heavy atom. The second-order valence-electron chi connectivity index (χ2n) is 5.96. The van der Waals surface area contributed by atoms with E-state index >= 15 is 0 Å². The number of aliphatic hydroxyl groups is 1. The van der Waals surface area contributed by atoms with Gasteiger partial charge >= 0.3 is 0 Å². The van der Waals surface area contributed by atoms with E-state index < -0.39 is 6.10 Å². The number of β-amino-alcohol motifs (C(OH)–C–C–N with tert-alkyl or cyclic N) is 1. The van der Waals surface area contributed by atoms with E-state index in [2.05, 4.69) is 4.90 Å². The molecule has 23 heavy (non-hydrogen) atoms. The third-order valence-electron chi connectivity index (χ3n) is 4.18. The maximum Gasteiger partial charge on any atom is 0.123 e. The van der Waals surface area contributed by atoms with Crippen LogP contribution in [0, 0.1) is 5.82 Å². The molecule has 0 amide bonds. The molecule has 1 aromatic carbocycles. The molecule has 1 N–H and O–H groups in total. The van der Waals surface area contributed by atoms with Crippen molar-refractivity contribution in [2.75, 3.05) is 19.7 Å². The molecule has 1 aliphatic rings. The van der Waals surface area contributed by atoms with Crippen LogP contribution in [0.2, 0.25) is 0 Å². The molecule has 1 aromatic heterocycles. The first kappa shape index (κ1) is 16.6. The number of ether oxygens (including phenoxy) is 1. The molecule has 0 unspecified atom stereocenters. The summed E-state index contributed by atoms with van der Waals surface area (Å²) in [5.41, 5.74) is 0.995. The third-order valence-corrected chi connectivity index (χ3v) is 5.03. The molecule has 2 aromatic rings. The largest absolute Gasteiger partial charge is 0.389 e. The topological polar surface area (TPSA) is 32.7 Å². The zero-order valence-corrected chi connectivity index (χ0v) is 13.8. The Bertz CT molecular complexity index is 605. The zero-order valence-electron chi connectivity index (χ0n) is 13.0. The van der Waals surface area contributed by atoms with Crippen molar-refractivity contribution < 1.29 is 14.2 Å². The highest BCUT2D eigenvalue weighted by molar-refractivity contribution is 7.09. The van der Waals surface area contributed by atoms with Crippen molar-refractivity contribution >= 4 is 11.3 Å². The van der Waals surface area contributed by atoms with Gasteiger partial charge in [0.2, 0.25) is 0 Å². The maximum atomic E-state index is 13.4. The van der Waals surface area contributed by atoms with Gasteiger partial charge in [-0.3, -0.25) is 4.90 Å². The Kier molecular flexibility index (Phi) is 5.78. The Balaban J connectivity index is 1.49. The molecule has 1 fully saturated rings. The average molecular weight is 335 g/mol. The minimum Gasteiger partial charge on any atom is -0.389 e. The van der Waals surface area contributed by atoms with E-state index in [1.807, 2.05) is 23.6 Å². The Morgan fingerprint density at radius 2 is 2.26 bits per heavy atom. The summed E-state index contributed by atoms with van der Waals surface area (Å²) in [7, 11) is 0. The highest BCUT2D eigenvalue weighted by atomic mass is 32.1. The third kappa shape index (κ3) is 4.61. The molecule has 0 aliphatic carbocycles. The van der Waals surface area contributed by atoms with Crippen LogP contribution in [0.25, 0.3) is 0 Å². The predicted molar refractivity (Wildman–Crippen MR) is 89.9 cm³/mol. The maximum absolute atomic E-state index is 13.4. The van der Waals surface area contributed by atoms with E-state index in [4.69, 9.17) is 4.74 Å². The van der Waals surface area contributed by atoms with Crippen LogP contribution >= 0.6 is 11.3 Å². The molecule has 2 atom stereocenters. The van der Waals surface area contributed by atoms with Gasteiger partial charge in [-0.1, -0.05) is 18.2 Å². The lowest BCUT2D eigenvalue weighted by Gasteiger charge is -2.27. The van der Waals surface area contributed by atoms with Crippen LogP contribution in [-0.2, 0) is 11.3 Å². The van der Waals surface area contributed by atoms with Crippen molar-refractivity contribution in [3.63, 3.8) is 0 Å². The fourth-order valence-electron chi connectivity index (χ4n) is 3.15. The monoisotopic (exact) mass is 335 g/mol. The van der Waals surface area contributed by atoms with Gasteiger partial charge in [0.1, 0.15) is 5.82 Å². The molecule has 1 saturated heterocycles. The predicted octanol–water partition coefficient (Wildman–Crippen LogP) is 3.60. The number of rotatable bonds is 7. The Hall–Kier alpha value is -1.27. The molecule has 0 bridgehead atoms. The standard InChI is InChI=1S/C18H22FNO2S/c19-15-5-1-4-14(10-15)18-7-2-8-20(18)11-16(21)12-22-13-17-6-3-9-23-17/h1,3-6,9-10,16,18,21H,2,7-8,11-13H2/t16-,18-/m1/s1. The average Bonchev–Trinajstić information content (AvgIpc) is 3.19. The first-order chi connectivity index (χ1) is 11.2. The normalized spacial score (nSPS) is 20.0. The molecule has 0 spiro atoms. The summed E-state index contributed by atoms with van der Waals surface area (Å²) in [6.07, 6.45) is 1.56. The van der Waals surface area contributed by atoms with Gasteiger partial charge < -0.3 is 9.84 Å². The lowest BCUT2D eigenvalue weighted by atomic mass is 10.0. The Labute approximate surface area is 140 Å². The van der Waals surface area contributed by atoms with Gasteiger partial charge in [-0.15, -0.1) is 11.3 Å². The van der Waals surface area contributed by atoms with Crippen LogP contribution in [0.3, 0.4) is 0 Å². The SMILES string of the molecule is O[C@@H](COCc1cccs1)CN1CCC[C@@H]1c1cccc(F)c1. The van der Waals surface area contributed by atoms with Crippen molar-refractivity contribution in [1.29, 1.82) is 0 Å². The van der Waals surface area contributed by atoms with E-state index in [-0.39, 0.29) is 11.9 Å². The number of benzene rings is 1. The van der Waals surface area contributed by atoms with Gasteiger partial charge in [0.05, 0.1) is 19.3 Å². The van der Waals surface area contributed by atoms with Crippen molar-refractivity contribution in [2.24, 2.45) is 0 Å². The van der Waals surface area contributed by atoms with Crippen LogP contribution in [0.15, 0.2) is 41.8 Å². The molecule has 124 valence electrons. The first-order valence-corrected chi connectivity index (χ1v) is 8.88. The summed E-state index contributed by atoms with van der Waals surface area (Å²) in [6, 6.07) is 11.0.